The van der Waals surface area contributed by atoms with Gasteiger partial charge in [0.1, 0.15) is 5.75 Å². The van der Waals surface area contributed by atoms with E-state index >= 15 is 0 Å². The first-order chi connectivity index (χ1) is 10.2. The zero-order valence-corrected chi connectivity index (χ0v) is 12.1. The highest BCUT2D eigenvalue weighted by Gasteiger charge is 2.28. The number of methoxy groups -OCH3 is 1. The van der Waals surface area contributed by atoms with Crippen molar-refractivity contribution in [2.45, 2.75) is 6.42 Å². The minimum atomic E-state index is -0.100. The molecule has 1 aliphatic heterocycles. The van der Waals surface area contributed by atoms with Crippen LogP contribution in [0.3, 0.4) is 0 Å². The molecule has 1 fully saturated rings. The molecule has 0 aliphatic carbocycles. The molecule has 4 heteroatoms. The first-order valence-corrected chi connectivity index (χ1v) is 7.19. The average molecular weight is 285 g/mol. The predicted molar refractivity (Wildman–Crippen MR) is 81.5 cm³/mol. The zero-order valence-electron chi connectivity index (χ0n) is 12.1. The second-order valence-electron chi connectivity index (χ2n) is 5.54. The van der Waals surface area contributed by atoms with E-state index in [4.69, 9.17) is 4.74 Å². The molecular formula is C17H19NO3. The molecule has 1 aliphatic rings. The third-order valence-electron chi connectivity index (χ3n) is 4.11. The van der Waals surface area contributed by atoms with Gasteiger partial charge in [-0.2, -0.15) is 0 Å². The maximum atomic E-state index is 12.6. The van der Waals surface area contributed by atoms with Crippen molar-refractivity contribution in [1.82, 2.24) is 4.90 Å². The number of likely N-dealkylation sites (tertiary alicyclic amines) is 1. The lowest BCUT2D eigenvalue weighted by Crippen LogP contribution is -2.29. The van der Waals surface area contributed by atoms with Gasteiger partial charge >= 0.3 is 0 Å². The van der Waals surface area contributed by atoms with Crippen molar-refractivity contribution in [2.24, 2.45) is 5.92 Å². The number of amides is 1. The van der Waals surface area contributed by atoms with Gasteiger partial charge in [0.2, 0.25) is 0 Å². The SMILES string of the molecule is COCC1CCN(C(=O)c2ccc3ccccc3c2O)C1. The summed E-state index contributed by atoms with van der Waals surface area (Å²) in [6.07, 6.45) is 0.952. The summed E-state index contributed by atoms with van der Waals surface area (Å²) < 4.78 is 5.15. The highest BCUT2D eigenvalue weighted by atomic mass is 16.5. The summed E-state index contributed by atoms with van der Waals surface area (Å²) >= 11 is 0. The monoisotopic (exact) mass is 285 g/mol. The highest BCUT2D eigenvalue weighted by molar-refractivity contribution is 6.03. The molecule has 1 heterocycles. The van der Waals surface area contributed by atoms with Crippen LogP contribution in [0.4, 0.5) is 0 Å². The van der Waals surface area contributed by atoms with Gasteiger partial charge in [-0.25, -0.2) is 0 Å². The summed E-state index contributed by atoms with van der Waals surface area (Å²) in [7, 11) is 1.68. The second-order valence-corrected chi connectivity index (χ2v) is 5.54. The quantitative estimate of drug-likeness (QED) is 0.943. The molecule has 0 radical (unpaired) electrons. The lowest BCUT2D eigenvalue weighted by molar-refractivity contribution is 0.0773. The number of aromatic hydroxyl groups is 1. The van der Waals surface area contributed by atoms with Crippen molar-refractivity contribution in [3.8, 4) is 5.75 Å². The van der Waals surface area contributed by atoms with Crippen LogP contribution in [0.5, 0.6) is 5.75 Å². The Morgan fingerprint density at radius 3 is 2.95 bits per heavy atom. The fourth-order valence-electron chi connectivity index (χ4n) is 2.99. The molecule has 21 heavy (non-hydrogen) atoms. The van der Waals surface area contributed by atoms with E-state index in [1.165, 1.54) is 0 Å². The number of phenolic OH excluding ortho intramolecular Hbond substituents is 1. The number of ether oxygens (including phenoxy) is 1. The van der Waals surface area contributed by atoms with Crippen LogP contribution < -0.4 is 0 Å². The van der Waals surface area contributed by atoms with Gasteiger partial charge in [0.25, 0.3) is 5.91 Å². The van der Waals surface area contributed by atoms with Crippen molar-refractivity contribution in [1.29, 1.82) is 0 Å². The average Bonchev–Trinajstić information content (AvgIpc) is 2.96. The minimum Gasteiger partial charge on any atom is -0.506 e. The van der Waals surface area contributed by atoms with Crippen LogP contribution in [0, 0.1) is 5.92 Å². The lowest BCUT2D eigenvalue weighted by Gasteiger charge is -2.17. The number of phenols is 1. The highest BCUT2D eigenvalue weighted by Crippen LogP contribution is 2.30. The van der Waals surface area contributed by atoms with Gasteiger partial charge in [-0.15, -0.1) is 0 Å². The molecule has 0 aromatic heterocycles. The number of carbonyl (C=O) groups excluding carboxylic acids is 1. The van der Waals surface area contributed by atoms with E-state index in [0.717, 1.165) is 23.7 Å². The Morgan fingerprint density at radius 2 is 2.14 bits per heavy atom. The van der Waals surface area contributed by atoms with Crippen molar-refractivity contribution < 1.29 is 14.6 Å². The van der Waals surface area contributed by atoms with E-state index in [1.54, 1.807) is 18.1 Å². The molecule has 110 valence electrons. The maximum Gasteiger partial charge on any atom is 0.257 e. The van der Waals surface area contributed by atoms with E-state index in [0.29, 0.717) is 24.6 Å². The Kier molecular flexibility index (Phi) is 3.80. The fraction of sp³-hybridized carbons (Fsp3) is 0.353. The van der Waals surface area contributed by atoms with Gasteiger partial charge in [-0.05, 0) is 17.9 Å². The fourth-order valence-corrected chi connectivity index (χ4v) is 2.99. The number of carbonyl (C=O) groups is 1. The van der Waals surface area contributed by atoms with Gasteiger partial charge in [-0.3, -0.25) is 4.79 Å². The number of rotatable bonds is 3. The molecule has 0 saturated carbocycles. The Morgan fingerprint density at radius 1 is 1.33 bits per heavy atom. The molecule has 1 N–H and O–H groups in total. The van der Waals surface area contributed by atoms with E-state index in [1.807, 2.05) is 30.3 Å². The summed E-state index contributed by atoms with van der Waals surface area (Å²) in [5.41, 5.74) is 0.381. The van der Waals surface area contributed by atoms with E-state index in [9.17, 15) is 9.90 Å². The van der Waals surface area contributed by atoms with Gasteiger partial charge in [0, 0.05) is 31.5 Å². The molecule has 0 spiro atoms. The summed E-state index contributed by atoms with van der Waals surface area (Å²) in [6, 6.07) is 11.1. The number of benzene rings is 2. The van der Waals surface area contributed by atoms with Crippen LogP contribution in [-0.2, 0) is 4.74 Å². The molecule has 3 rings (SSSR count). The molecule has 4 nitrogen and oxygen atoms in total. The third kappa shape index (κ3) is 2.59. The van der Waals surface area contributed by atoms with Crippen LogP contribution in [-0.4, -0.2) is 42.7 Å². The number of nitrogens with zero attached hydrogens (tertiary/aromatic N) is 1. The summed E-state index contributed by atoms with van der Waals surface area (Å²) in [4.78, 5) is 14.4. The molecule has 1 amide bonds. The molecule has 1 saturated heterocycles. The van der Waals surface area contributed by atoms with Crippen LogP contribution >= 0.6 is 0 Å². The van der Waals surface area contributed by atoms with E-state index in [-0.39, 0.29) is 11.7 Å². The molecule has 1 atom stereocenters. The standard InChI is InChI=1S/C17H19NO3/c1-21-11-12-8-9-18(10-12)17(20)15-7-6-13-4-2-3-5-14(13)16(15)19/h2-7,12,19H,8-11H2,1H3. The topological polar surface area (TPSA) is 49.8 Å². The predicted octanol–water partition coefficient (Wildman–Crippen LogP) is 2.65. The third-order valence-corrected chi connectivity index (χ3v) is 4.11. The summed E-state index contributed by atoms with van der Waals surface area (Å²) in [5, 5.41) is 12.0. The van der Waals surface area contributed by atoms with Crippen molar-refractivity contribution in [3.63, 3.8) is 0 Å². The normalized spacial score (nSPS) is 18.3. The first-order valence-electron chi connectivity index (χ1n) is 7.19. The van der Waals surface area contributed by atoms with E-state index in [2.05, 4.69) is 0 Å². The smallest absolute Gasteiger partial charge is 0.257 e. The van der Waals surface area contributed by atoms with Gasteiger partial charge in [-0.1, -0.05) is 30.3 Å². The van der Waals surface area contributed by atoms with Crippen LogP contribution in [0.15, 0.2) is 36.4 Å². The summed E-state index contributed by atoms with van der Waals surface area (Å²) in [5.74, 6) is 0.367. The number of hydrogen-bond acceptors (Lipinski definition) is 3. The first kappa shape index (κ1) is 13.9. The van der Waals surface area contributed by atoms with Crippen molar-refractivity contribution in [3.05, 3.63) is 42.0 Å². The molecule has 2 aromatic carbocycles. The molecule has 0 bridgehead atoms. The second kappa shape index (κ2) is 5.74. The number of hydrogen-bond donors (Lipinski definition) is 1. The van der Waals surface area contributed by atoms with Crippen LogP contribution in [0.1, 0.15) is 16.8 Å². The lowest BCUT2D eigenvalue weighted by atomic mass is 10.0. The van der Waals surface area contributed by atoms with Crippen molar-refractivity contribution >= 4 is 16.7 Å². The molecule has 2 aromatic rings. The summed E-state index contributed by atoms with van der Waals surface area (Å²) in [6.45, 7) is 2.09. The Balaban J connectivity index is 1.87. The van der Waals surface area contributed by atoms with Crippen LogP contribution in [0.25, 0.3) is 10.8 Å². The Bertz CT molecular complexity index is 668. The minimum absolute atomic E-state index is 0.0771. The zero-order chi connectivity index (χ0) is 14.8. The molecular weight excluding hydrogens is 266 g/mol. The maximum absolute atomic E-state index is 12.6. The van der Waals surface area contributed by atoms with Gasteiger partial charge in [0.15, 0.2) is 0 Å². The Labute approximate surface area is 123 Å². The van der Waals surface area contributed by atoms with Crippen molar-refractivity contribution in [2.75, 3.05) is 26.8 Å². The number of fused-ring (bicyclic) bond motifs is 1. The van der Waals surface area contributed by atoms with Gasteiger partial charge < -0.3 is 14.7 Å². The van der Waals surface area contributed by atoms with Gasteiger partial charge in [0.05, 0.1) is 12.2 Å². The van der Waals surface area contributed by atoms with E-state index < -0.39 is 0 Å². The van der Waals surface area contributed by atoms with Crippen LogP contribution in [0.2, 0.25) is 0 Å². The Hall–Kier alpha value is -2.07. The molecule has 1 unspecified atom stereocenters. The largest absolute Gasteiger partial charge is 0.506 e.